The first kappa shape index (κ1) is 16.0. The van der Waals surface area contributed by atoms with Crippen LogP contribution in [-0.2, 0) is 16.4 Å². The van der Waals surface area contributed by atoms with E-state index in [2.05, 4.69) is 20.4 Å². The summed E-state index contributed by atoms with van der Waals surface area (Å²) in [7, 11) is -3.22. The summed E-state index contributed by atoms with van der Waals surface area (Å²) in [6.45, 7) is 1.23. The first-order valence-electron chi connectivity index (χ1n) is 7.41. The second kappa shape index (κ2) is 6.34. The van der Waals surface area contributed by atoms with E-state index in [1.807, 2.05) is 0 Å². The lowest BCUT2D eigenvalue weighted by atomic mass is 10.3. The molecule has 0 aliphatic heterocycles. The molecule has 124 valence electrons. The second-order valence-electron chi connectivity index (χ2n) is 5.70. The molecular formula is C14H19N5O3S. The van der Waals surface area contributed by atoms with Gasteiger partial charge in [0.2, 0.25) is 0 Å². The maximum Gasteiger partial charge on any atom is 0.175 e. The zero-order valence-electron chi connectivity index (χ0n) is 12.8. The highest BCUT2D eigenvalue weighted by Gasteiger charge is 2.29. The summed E-state index contributed by atoms with van der Waals surface area (Å²) in [4.78, 5) is 2.42. The highest BCUT2D eigenvalue weighted by molar-refractivity contribution is 7.90. The van der Waals surface area contributed by atoms with Gasteiger partial charge < -0.3 is 5.11 Å². The number of hydrogen-bond acceptors (Lipinski definition) is 7. The van der Waals surface area contributed by atoms with E-state index < -0.39 is 9.84 Å². The van der Waals surface area contributed by atoms with Crippen LogP contribution >= 0.6 is 0 Å². The van der Waals surface area contributed by atoms with E-state index in [4.69, 9.17) is 0 Å². The molecule has 23 heavy (non-hydrogen) atoms. The van der Waals surface area contributed by atoms with Crippen LogP contribution in [0.15, 0.2) is 29.2 Å². The Morgan fingerprint density at radius 2 is 2.00 bits per heavy atom. The van der Waals surface area contributed by atoms with Gasteiger partial charge in [-0.15, -0.1) is 5.10 Å². The summed E-state index contributed by atoms with van der Waals surface area (Å²) in [5.74, 6) is 0.664. The fourth-order valence-corrected chi connectivity index (χ4v) is 3.11. The summed E-state index contributed by atoms with van der Waals surface area (Å²) < 4.78 is 24.6. The number of aliphatic hydroxyl groups excluding tert-OH is 1. The summed E-state index contributed by atoms with van der Waals surface area (Å²) in [6, 6.07) is 6.94. The van der Waals surface area contributed by atoms with Gasteiger partial charge in [-0.25, -0.2) is 8.42 Å². The lowest BCUT2D eigenvalue weighted by molar-refractivity contribution is 0.179. The van der Waals surface area contributed by atoms with E-state index in [0.717, 1.165) is 12.8 Å². The molecular weight excluding hydrogens is 318 g/mol. The summed E-state index contributed by atoms with van der Waals surface area (Å²) in [5.41, 5.74) is 0.706. The molecule has 1 N–H and O–H groups in total. The van der Waals surface area contributed by atoms with E-state index in [1.54, 1.807) is 28.9 Å². The molecule has 1 saturated carbocycles. The Morgan fingerprint density at radius 1 is 1.30 bits per heavy atom. The second-order valence-corrected chi connectivity index (χ2v) is 7.71. The van der Waals surface area contributed by atoms with Crippen molar-refractivity contribution in [3.05, 3.63) is 30.1 Å². The lowest BCUT2D eigenvalue weighted by Crippen LogP contribution is -2.30. The molecule has 1 aromatic carbocycles. The van der Waals surface area contributed by atoms with Gasteiger partial charge in [-0.05, 0) is 47.5 Å². The van der Waals surface area contributed by atoms with E-state index in [1.165, 1.54) is 6.26 Å². The molecule has 0 radical (unpaired) electrons. The number of hydrogen-bond donors (Lipinski definition) is 1. The molecule has 0 atom stereocenters. The predicted molar refractivity (Wildman–Crippen MR) is 82.8 cm³/mol. The minimum atomic E-state index is -3.22. The van der Waals surface area contributed by atoms with Gasteiger partial charge in [-0.2, -0.15) is 4.68 Å². The summed E-state index contributed by atoms with van der Waals surface area (Å²) in [5, 5.41) is 20.9. The molecule has 8 nitrogen and oxygen atoms in total. The molecule has 3 rings (SSSR count). The topological polar surface area (TPSA) is 101 Å². The average Bonchev–Trinajstić information content (AvgIpc) is 3.26. The third kappa shape index (κ3) is 3.74. The van der Waals surface area contributed by atoms with Crippen LogP contribution in [0, 0.1) is 0 Å². The van der Waals surface area contributed by atoms with Gasteiger partial charge in [0.15, 0.2) is 15.7 Å². The molecule has 2 aromatic rings. The molecule has 0 unspecified atom stereocenters. The fourth-order valence-electron chi connectivity index (χ4n) is 2.48. The highest BCUT2D eigenvalue weighted by atomic mass is 32.2. The molecule has 1 heterocycles. The molecule has 0 bridgehead atoms. The molecule has 1 aliphatic rings. The van der Waals surface area contributed by atoms with Crippen molar-refractivity contribution in [3.8, 4) is 5.69 Å². The number of nitrogens with zero attached hydrogens (tertiary/aromatic N) is 5. The van der Waals surface area contributed by atoms with Gasteiger partial charge in [0.1, 0.15) is 0 Å². The normalized spacial score (nSPS) is 15.3. The summed E-state index contributed by atoms with van der Waals surface area (Å²) >= 11 is 0. The zero-order valence-corrected chi connectivity index (χ0v) is 13.6. The smallest absolute Gasteiger partial charge is 0.175 e. The third-order valence-electron chi connectivity index (χ3n) is 3.84. The van der Waals surface area contributed by atoms with Gasteiger partial charge in [0.05, 0.1) is 23.7 Å². The Hall–Kier alpha value is -1.84. The Labute approximate surface area is 134 Å². The number of benzene rings is 1. The Kier molecular flexibility index (Phi) is 4.42. The lowest BCUT2D eigenvalue weighted by Gasteiger charge is -2.19. The van der Waals surface area contributed by atoms with Crippen molar-refractivity contribution in [1.29, 1.82) is 0 Å². The number of aliphatic hydroxyl groups is 1. The molecule has 1 aromatic heterocycles. The average molecular weight is 337 g/mol. The Balaban J connectivity index is 1.82. The van der Waals surface area contributed by atoms with Gasteiger partial charge >= 0.3 is 0 Å². The largest absolute Gasteiger partial charge is 0.395 e. The van der Waals surface area contributed by atoms with Crippen molar-refractivity contribution in [3.63, 3.8) is 0 Å². The van der Waals surface area contributed by atoms with Crippen molar-refractivity contribution in [2.45, 2.75) is 30.3 Å². The first-order valence-corrected chi connectivity index (χ1v) is 9.31. The van der Waals surface area contributed by atoms with Crippen LogP contribution in [0.1, 0.15) is 18.7 Å². The van der Waals surface area contributed by atoms with E-state index in [9.17, 15) is 13.5 Å². The molecule has 0 saturated heterocycles. The molecule has 1 fully saturated rings. The molecule has 1 aliphatic carbocycles. The third-order valence-corrected chi connectivity index (χ3v) is 4.97. The van der Waals surface area contributed by atoms with Crippen molar-refractivity contribution in [2.24, 2.45) is 0 Å². The molecule has 9 heteroatoms. The fraction of sp³-hybridized carbons (Fsp3) is 0.500. The van der Waals surface area contributed by atoms with Crippen molar-refractivity contribution >= 4 is 9.84 Å². The Morgan fingerprint density at radius 3 is 2.57 bits per heavy atom. The zero-order chi connectivity index (χ0) is 16.4. The number of rotatable bonds is 7. The summed E-state index contributed by atoms with van der Waals surface area (Å²) in [6.07, 6.45) is 3.43. The minimum absolute atomic E-state index is 0.0983. The number of tetrazole rings is 1. The highest BCUT2D eigenvalue weighted by Crippen LogP contribution is 2.27. The number of sulfone groups is 1. The standard InChI is InChI=1S/C14H19N5O3S/c1-23(21,22)13-6-4-12(5-7-13)19-14(15-16-17-19)10-18(8-9-20)11-2-3-11/h4-7,11,20H,2-3,8-10H2,1H3. The van der Waals surface area contributed by atoms with Crippen molar-refractivity contribution in [2.75, 3.05) is 19.4 Å². The quantitative estimate of drug-likeness (QED) is 0.760. The van der Waals surface area contributed by atoms with Crippen LogP contribution < -0.4 is 0 Å². The van der Waals surface area contributed by atoms with Crippen molar-refractivity contribution < 1.29 is 13.5 Å². The van der Waals surface area contributed by atoms with Crippen molar-refractivity contribution in [1.82, 2.24) is 25.1 Å². The van der Waals surface area contributed by atoms with Gasteiger partial charge in [-0.3, -0.25) is 4.90 Å². The van der Waals surface area contributed by atoms with Gasteiger partial charge in [0, 0.05) is 18.8 Å². The monoisotopic (exact) mass is 337 g/mol. The van der Waals surface area contributed by atoms with Crippen LogP contribution in [0.5, 0.6) is 0 Å². The van der Waals surface area contributed by atoms with Gasteiger partial charge in [0.25, 0.3) is 0 Å². The van der Waals surface area contributed by atoms with E-state index in [-0.39, 0.29) is 11.5 Å². The SMILES string of the molecule is CS(=O)(=O)c1ccc(-n2nnnc2CN(CCO)C2CC2)cc1. The van der Waals surface area contributed by atoms with E-state index >= 15 is 0 Å². The van der Waals surface area contributed by atoms with Gasteiger partial charge in [-0.1, -0.05) is 0 Å². The molecule has 0 spiro atoms. The maximum absolute atomic E-state index is 11.5. The first-order chi connectivity index (χ1) is 11.0. The number of aromatic nitrogens is 4. The van der Waals surface area contributed by atoms with Crippen LogP contribution in [0.3, 0.4) is 0 Å². The predicted octanol–water partition coefficient (Wildman–Crippen LogP) is 0.0225. The van der Waals surface area contributed by atoms with Crippen LogP contribution in [-0.4, -0.2) is 64.1 Å². The maximum atomic E-state index is 11.5. The Bertz CT molecular complexity index is 768. The van der Waals surface area contributed by atoms with Crippen LogP contribution in [0.2, 0.25) is 0 Å². The molecule has 0 amide bonds. The minimum Gasteiger partial charge on any atom is -0.395 e. The van der Waals surface area contributed by atoms with Crippen LogP contribution in [0.4, 0.5) is 0 Å². The van der Waals surface area contributed by atoms with E-state index in [0.29, 0.717) is 30.6 Å². The van der Waals surface area contributed by atoms with Crippen LogP contribution in [0.25, 0.3) is 5.69 Å².